The molecule has 114 valence electrons. The van der Waals surface area contributed by atoms with Crippen LogP contribution in [0, 0.1) is 11.7 Å². The number of carboxylic acid groups (broad SMARTS) is 1. The van der Waals surface area contributed by atoms with E-state index in [9.17, 15) is 14.3 Å². The van der Waals surface area contributed by atoms with Gasteiger partial charge in [-0.2, -0.15) is 0 Å². The van der Waals surface area contributed by atoms with E-state index in [1.54, 1.807) is 10.6 Å². The molecule has 0 amide bonds. The smallest absolute Gasteiger partial charge is 0.327 e. The molecule has 1 N–H and O–H groups in total. The van der Waals surface area contributed by atoms with E-state index in [2.05, 4.69) is 4.98 Å². The van der Waals surface area contributed by atoms with Gasteiger partial charge in [0, 0.05) is 6.07 Å². The molecule has 0 aliphatic carbocycles. The van der Waals surface area contributed by atoms with Crippen molar-refractivity contribution < 1.29 is 14.3 Å². The Bertz CT molecular complexity index is 664. The van der Waals surface area contributed by atoms with Crippen LogP contribution < -0.4 is 0 Å². The first-order valence-corrected chi connectivity index (χ1v) is 6.85. The average Bonchev–Trinajstić information content (AvgIpc) is 2.65. The summed E-state index contributed by atoms with van der Waals surface area (Å²) in [7, 11) is 3.77. The van der Waals surface area contributed by atoms with Crippen molar-refractivity contribution in [1.29, 1.82) is 0 Å². The Hall–Kier alpha value is -1.95. The predicted molar refractivity (Wildman–Crippen MR) is 78.6 cm³/mol. The lowest BCUT2D eigenvalue weighted by Crippen LogP contribution is -2.27. The minimum atomic E-state index is -0.909. The Morgan fingerprint density at radius 3 is 2.62 bits per heavy atom. The van der Waals surface area contributed by atoms with E-state index in [0.29, 0.717) is 23.4 Å². The number of halogens is 1. The summed E-state index contributed by atoms with van der Waals surface area (Å²) in [5.41, 5.74) is 1.13. The Kier molecular flexibility index (Phi) is 4.27. The zero-order valence-electron chi connectivity index (χ0n) is 12.7. The van der Waals surface area contributed by atoms with Crippen molar-refractivity contribution in [2.75, 3.05) is 14.1 Å². The molecule has 6 heteroatoms. The molecule has 0 bridgehead atoms. The first-order chi connectivity index (χ1) is 9.81. The van der Waals surface area contributed by atoms with Gasteiger partial charge in [0.25, 0.3) is 0 Å². The average molecular weight is 293 g/mol. The molecule has 2 rings (SSSR count). The van der Waals surface area contributed by atoms with Gasteiger partial charge < -0.3 is 14.6 Å². The van der Waals surface area contributed by atoms with Crippen LogP contribution in [0.2, 0.25) is 0 Å². The van der Waals surface area contributed by atoms with Crippen molar-refractivity contribution in [3.05, 3.63) is 29.8 Å². The number of benzene rings is 1. The van der Waals surface area contributed by atoms with Crippen molar-refractivity contribution >= 4 is 17.0 Å². The molecule has 0 saturated heterocycles. The molecule has 0 spiro atoms. The van der Waals surface area contributed by atoms with Crippen molar-refractivity contribution in [2.45, 2.75) is 26.4 Å². The highest BCUT2D eigenvalue weighted by Gasteiger charge is 2.28. The summed E-state index contributed by atoms with van der Waals surface area (Å²) in [6.45, 7) is 4.20. The first kappa shape index (κ1) is 15.4. The normalized spacial score (nSPS) is 13.3. The zero-order valence-corrected chi connectivity index (χ0v) is 12.7. The maximum absolute atomic E-state index is 13.4. The van der Waals surface area contributed by atoms with Gasteiger partial charge in [-0.3, -0.25) is 0 Å². The van der Waals surface area contributed by atoms with Gasteiger partial charge in [0.2, 0.25) is 0 Å². The lowest BCUT2D eigenvalue weighted by molar-refractivity contribution is -0.142. The monoisotopic (exact) mass is 293 g/mol. The summed E-state index contributed by atoms with van der Waals surface area (Å²) in [5, 5.41) is 9.55. The van der Waals surface area contributed by atoms with Crippen LogP contribution in [-0.2, 0) is 11.3 Å². The molecule has 1 aromatic carbocycles. The van der Waals surface area contributed by atoms with Crippen LogP contribution >= 0.6 is 0 Å². The van der Waals surface area contributed by atoms with Gasteiger partial charge in [0.15, 0.2) is 0 Å². The van der Waals surface area contributed by atoms with Gasteiger partial charge in [-0.25, -0.2) is 14.2 Å². The molecule has 0 aliphatic heterocycles. The standard InChI is InChI=1S/C15H20FN3O2/c1-9(2)14(15(20)21)19-12-6-5-10(16)7-11(12)17-13(19)8-18(3)4/h5-7,9,14H,8H2,1-4H3,(H,20,21). The molecule has 1 aromatic heterocycles. The number of imidazole rings is 1. The SMILES string of the molecule is CC(C)C(C(=O)O)n1c(CN(C)C)nc2cc(F)ccc21. The fourth-order valence-corrected chi connectivity index (χ4v) is 2.52. The maximum atomic E-state index is 13.4. The minimum Gasteiger partial charge on any atom is -0.480 e. The van der Waals surface area contributed by atoms with Gasteiger partial charge in [-0.15, -0.1) is 0 Å². The van der Waals surface area contributed by atoms with E-state index in [1.165, 1.54) is 12.1 Å². The topological polar surface area (TPSA) is 58.4 Å². The highest BCUT2D eigenvalue weighted by molar-refractivity contribution is 5.80. The fourth-order valence-electron chi connectivity index (χ4n) is 2.52. The molecular weight excluding hydrogens is 273 g/mol. The number of hydrogen-bond donors (Lipinski definition) is 1. The van der Waals surface area contributed by atoms with Crippen LogP contribution in [0.3, 0.4) is 0 Å². The zero-order chi connectivity index (χ0) is 15.7. The van der Waals surface area contributed by atoms with Gasteiger partial charge in [0.05, 0.1) is 17.6 Å². The number of carbonyl (C=O) groups is 1. The van der Waals surface area contributed by atoms with Gasteiger partial charge in [-0.05, 0) is 32.1 Å². The molecule has 1 unspecified atom stereocenters. The van der Waals surface area contributed by atoms with Crippen molar-refractivity contribution in [2.24, 2.45) is 5.92 Å². The van der Waals surface area contributed by atoms with E-state index in [1.807, 2.05) is 32.8 Å². The lowest BCUT2D eigenvalue weighted by atomic mass is 10.0. The van der Waals surface area contributed by atoms with E-state index >= 15 is 0 Å². The van der Waals surface area contributed by atoms with Crippen molar-refractivity contribution in [1.82, 2.24) is 14.5 Å². The number of aromatic nitrogens is 2. The number of hydrogen-bond acceptors (Lipinski definition) is 3. The van der Waals surface area contributed by atoms with Crippen LogP contribution in [0.5, 0.6) is 0 Å². The number of rotatable bonds is 5. The molecule has 0 radical (unpaired) electrons. The number of aliphatic carboxylic acids is 1. The number of fused-ring (bicyclic) bond motifs is 1. The summed E-state index contributed by atoms with van der Waals surface area (Å²) in [6.07, 6.45) is 0. The Labute approximate surface area is 123 Å². The second kappa shape index (κ2) is 5.81. The summed E-state index contributed by atoms with van der Waals surface area (Å²) < 4.78 is 15.1. The third-order valence-electron chi connectivity index (χ3n) is 3.34. The third kappa shape index (κ3) is 3.05. The molecule has 0 fully saturated rings. The molecule has 1 heterocycles. The molecule has 0 saturated carbocycles. The van der Waals surface area contributed by atoms with Crippen LogP contribution in [-0.4, -0.2) is 39.6 Å². The summed E-state index contributed by atoms with van der Waals surface area (Å²) in [6, 6.07) is 3.54. The van der Waals surface area contributed by atoms with E-state index in [0.717, 1.165) is 0 Å². The third-order valence-corrected chi connectivity index (χ3v) is 3.34. The molecule has 2 aromatic rings. The fraction of sp³-hybridized carbons (Fsp3) is 0.467. The minimum absolute atomic E-state index is 0.106. The molecule has 1 atom stereocenters. The van der Waals surface area contributed by atoms with Crippen LogP contribution in [0.1, 0.15) is 25.7 Å². The highest BCUT2D eigenvalue weighted by Crippen LogP contribution is 2.27. The van der Waals surface area contributed by atoms with Gasteiger partial charge in [0.1, 0.15) is 17.7 Å². The first-order valence-electron chi connectivity index (χ1n) is 6.85. The summed E-state index contributed by atoms with van der Waals surface area (Å²) in [4.78, 5) is 18.0. The molecule has 0 aliphatic rings. The lowest BCUT2D eigenvalue weighted by Gasteiger charge is -2.22. The molecule has 5 nitrogen and oxygen atoms in total. The molecular formula is C15H20FN3O2. The quantitative estimate of drug-likeness (QED) is 0.920. The predicted octanol–water partition coefficient (Wildman–Crippen LogP) is 2.52. The summed E-state index contributed by atoms with van der Waals surface area (Å²) >= 11 is 0. The van der Waals surface area contributed by atoms with E-state index in [4.69, 9.17) is 0 Å². The van der Waals surface area contributed by atoms with Gasteiger partial charge in [-0.1, -0.05) is 13.8 Å². The Morgan fingerprint density at radius 2 is 2.10 bits per heavy atom. The largest absolute Gasteiger partial charge is 0.480 e. The van der Waals surface area contributed by atoms with Crippen LogP contribution in [0.4, 0.5) is 4.39 Å². The van der Waals surface area contributed by atoms with Crippen LogP contribution in [0.15, 0.2) is 18.2 Å². The van der Waals surface area contributed by atoms with E-state index in [-0.39, 0.29) is 11.7 Å². The van der Waals surface area contributed by atoms with Gasteiger partial charge >= 0.3 is 5.97 Å². The molecule has 21 heavy (non-hydrogen) atoms. The van der Waals surface area contributed by atoms with E-state index < -0.39 is 12.0 Å². The second-order valence-corrected chi connectivity index (χ2v) is 5.80. The Morgan fingerprint density at radius 1 is 1.43 bits per heavy atom. The summed E-state index contributed by atoms with van der Waals surface area (Å²) in [5.74, 6) is -0.763. The number of carboxylic acids is 1. The maximum Gasteiger partial charge on any atom is 0.327 e. The Balaban J connectivity index is 2.69. The number of nitrogens with zero attached hydrogens (tertiary/aromatic N) is 3. The second-order valence-electron chi connectivity index (χ2n) is 5.80. The highest BCUT2D eigenvalue weighted by atomic mass is 19.1. The van der Waals surface area contributed by atoms with Crippen LogP contribution in [0.25, 0.3) is 11.0 Å². The van der Waals surface area contributed by atoms with Crippen molar-refractivity contribution in [3.8, 4) is 0 Å². The van der Waals surface area contributed by atoms with Crippen molar-refractivity contribution in [3.63, 3.8) is 0 Å².